The average Bonchev–Trinajstić information content (AvgIpc) is 2.32. The highest BCUT2D eigenvalue weighted by atomic mass is 35.6. The summed E-state index contributed by atoms with van der Waals surface area (Å²) in [6.45, 7) is 4.56. The van der Waals surface area contributed by atoms with Crippen LogP contribution < -0.4 is 10.6 Å². The molecule has 1 aliphatic rings. The number of rotatable bonds is 0. The van der Waals surface area contributed by atoms with E-state index in [0.29, 0.717) is 0 Å². The summed E-state index contributed by atoms with van der Waals surface area (Å²) in [7, 11) is 0. The standard InChI is InChI=1S/C4H2Cl3N3.C4H10N2/c5-4(6,7)3-9-1-8-2-10-3;1-2-6-4-3-5-1/h1-2H;5-6H,1-4H2. The van der Waals surface area contributed by atoms with Crippen molar-refractivity contribution in [3.05, 3.63) is 18.5 Å². The number of alkyl halides is 3. The molecule has 2 heterocycles. The molecule has 8 heteroatoms. The van der Waals surface area contributed by atoms with Crippen molar-refractivity contribution in [2.24, 2.45) is 0 Å². The molecule has 2 rings (SSSR count). The molecule has 0 bridgehead atoms. The summed E-state index contributed by atoms with van der Waals surface area (Å²) < 4.78 is -1.55. The van der Waals surface area contributed by atoms with Gasteiger partial charge in [0.25, 0.3) is 0 Å². The molecule has 0 saturated carbocycles. The molecule has 16 heavy (non-hydrogen) atoms. The fraction of sp³-hybridized carbons (Fsp3) is 0.625. The first kappa shape index (κ1) is 13.9. The number of hydrogen-bond donors (Lipinski definition) is 2. The van der Waals surface area contributed by atoms with Gasteiger partial charge in [-0.2, -0.15) is 0 Å². The summed E-state index contributed by atoms with van der Waals surface area (Å²) in [4.78, 5) is 10.8. The second-order valence-corrected chi connectivity index (χ2v) is 5.24. The maximum Gasteiger partial charge on any atom is 0.250 e. The summed E-state index contributed by atoms with van der Waals surface area (Å²) in [6, 6.07) is 0. The van der Waals surface area contributed by atoms with E-state index in [1.54, 1.807) is 0 Å². The highest BCUT2D eigenvalue weighted by molar-refractivity contribution is 6.66. The highest BCUT2D eigenvalue weighted by Gasteiger charge is 2.25. The first-order valence-electron chi connectivity index (χ1n) is 4.71. The van der Waals surface area contributed by atoms with E-state index in [2.05, 4.69) is 25.6 Å². The minimum atomic E-state index is -1.55. The van der Waals surface area contributed by atoms with Gasteiger partial charge in [-0.25, -0.2) is 15.0 Å². The van der Waals surface area contributed by atoms with Gasteiger partial charge in [0, 0.05) is 26.2 Å². The summed E-state index contributed by atoms with van der Waals surface area (Å²) in [5.74, 6) is 0.132. The third-order valence-corrected chi connectivity index (χ3v) is 2.21. The average molecular weight is 285 g/mol. The highest BCUT2D eigenvalue weighted by Crippen LogP contribution is 2.34. The van der Waals surface area contributed by atoms with Crippen LogP contribution in [0, 0.1) is 0 Å². The lowest BCUT2D eigenvalue weighted by atomic mass is 10.4. The van der Waals surface area contributed by atoms with Crippen molar-refractivity contribution < 1.29 is 0 Å². The van der Waals surface area contributed by atoms with Crippen LogP contribution in [0.3, 0.4) is 0 Å². The fourth-order valence-corrected chi connectivity index (χ4v) is 1.28. The van der Waals surface area contributed by atoms with Crippen molar-refractivity contribution in [2.75, 3.05) is 26.2 Å². The molecule has 1 aromatic rings. The molecule has 0 aliphatic carbocycles. The number of piperazine rings is 1. The molecule has 2 N–H and O–H groups in total. The number of hydrogen-bond acceptors (Lipinski definition) is 5. The maximum atomic E-state index is 5.44. The smallest absolute Gasteiger partial charge is 0.250 e. The molecule has 1 aliphatic heterocycles. The van der Waals surface area contributed by atoms with Gasteiger partial charge >= 0.3 is 0 Å². The Hall–Kier alpha value is -0.200. The van der Waals surface area contributed by atoms with Crippen molar-refractivity contribution in [3.63, 3.8) is 0 Å². The molecule has 0 aromatic carbocycles. The van der Waals surface area contributed by atoms with Gasteiger partial charge in [0.05, 0.1) is 0 Å². The van der Waals surface area contributed by atoms with Crippen molar-refractivity contribution >= 4 is 34.8 Å². The van der Waals surface area contributed by atoms with Gasteiger partial charge in [-0.1, -0.05) is 34.8 Å². The molecular formula is C8H12Cl3N5. The molecule has 1 aromatic heterocycles. The normalized spacial score (nSPS) is 16.2. The van der Waals surface area contributed by atoms with Crippen LogP contribution in [0.15, 0.2) is 12.7 Å². The SMILES string of the molecule is C1CNCCN1.ClC(Cl)(Cl)c1ncncn1. The Morgan fingerprint density at radius 2 is 1.38 bits per heavy atom. The molecule has 90 valence electrons. The minimum absolute atomic E-state index is 0.132. The Morgan fingerprint density at radius 1 is 0.938 bits per heavy atom. The van der Waals surface area contributed by atoms with Crippen LogP contribution in [-0.2, 0) is 3.79 Å². The second-order valence-electron chi connectivity index (χ2n) is 2.96. The van der Waals surface area contributed by atoms with Gasteiger partial charge < -0.3 is 10.6 Å². The van der Waals surface area contributed by atoms with Crippen LogP contribution in [0.1, 0.15) is 5.82 Å². The zero-order chi connectivity index (χ0) is 11.9. The number of aromatic nitrogens is 3. The number of halogens is 3. The van der Waals surface area contributed by atoms with Crippen molar-refractivity contribution in [3.8, 4) is 0 Å². The van der Waals surface area contributed by atoms with Crippen LogP contribution >= 0.6 is 34.8 Å². The fourth-order valence-electron chi connectivity index (χ4n) is 0.989. The molecule has 0 unspecified atom stereocenters. The van der Waals surface area contributed by atoms with E-state index < -0.39 is 3.79 Å². The van der Waals surface area contributed by atoms with Gasteiger partial charge in [-0.3, -0.25) is 0 Å². The Bertz CT molecular complexity index is 274. The Labute approximate surface area is 109 Å². The Kier molecular flexibility index (Phi) is 6.23. The van der Waals surface area contributed by atoms with Gasteiger partial charge in [0.15, 0.2) is 5.82 Å². The van der Waals surface area contributed by atoms with Gasteiger partial charge in [0.2, 0.25) is 3.79 Å². The van der Waals surface area contributed by atoms with Gasteiger partial charge in [-0.05, 0) is 0 Å². The number of nitrogens with zero attached hydrogens (tertiary/aromatic N) is 3. The van der Waals surface area contributed by atoms with Crippen LogP contribution in [0.4, 0.5) is 0 Å². The third kappa shape index (κ3) is 5.77. The van der Waals surface area contributed by atoms with E-state index in [1.165, 1.54) is 12.7 Å². The topological polar surface area (TPSA) is 62.7 Å². The van der Waals surface area contributed by atoms with Crippen LogP contribution in [0.25, 0.3) is 0 Å². The van der Waals surface area contributed by atoms with Crippen LogP contribution in [0.2, 0.25) is 0 Å². The van der Waals surface area contributed by atoms with Crippen LogP contribution in [-0.4, -0.2) is 41.1 Å². The first-order valence-corrected chi connectivity index (χ1v) is 5.85. The summed E-state index contributed by atoms with van der Waals surface area (Å²) in [6.07, 6.45) is 2.54. The van der Waals surface area contributed by atoms with Crippen molar-refractivity contribution in [1.82, 2.24) is 25.6 Å². The number of nitrogens with one attached hydrogen (secondary N) is 2. The zero-order valence-electron chi connectivity index (χ0n) is 8.46. The lowest BCUT2D eigenvalue weighted by Gasteiger charge is -2.11. The van der Waals surface area contributed by atoms with Crippen molar-refractivity contribution in [2.45, 2.75) is 3.79 Å². The summed E-state index contributed by atoms with van der Waals surface area (Å²) in [5, 5.41) is 6.44. The molecule has 0 spiro atoms. The van der Waals surface area contributed by atoms with E-state index in [-0.39, 0.29) is 5.82 Å². The predicted octanol–water partition coefficient (Wildman–Crippen LogP) is 0.877. The first-order chi connectivity index (χ1) is 7.61. The van der Waals surface area contributed by atoms with E-state index in [4.69, 9.17) is 34.8 Å². The zero-order valence-corrected chi connectivity index (χ0v) is 10.7. The van der Waals surface area contributed by atoms with Gasteiger partial charge in [-0.15, -0.1) is 0 Å². The molecule has 1 saturated heterocycles. The quantitative estimate of drug-likeness (QED) is 0.693. The second kappa shape index (κ2) is 7.19. The molecular weight excluding hydrogens is 272 g/mol. The third-order valence-electron chi connectivity index (χ3n) is 1.70. The molecule has 0 amide bonds. The molecule has 1 fully saturated rings. The van der Waals surface area contributed by atoms with E-state index in [0.717, 1.165) is 26.2 Å². The van der Waals surface area contributed by atoms with E-state index in [1.807, 2.05) is 0 Å². The lowest BCUT2D eigenvalue weighted by Crippen LogP contribution is -2.39. The molecule has 0 atom stereocenters. The minimum Gasteiger partial charge on any atom is -0.314 e. The largest absolute Gasteiger partial charge is 0.314 e. The lowest BCUT2D eigenvalue weighted by molar-refractivity contribution is 0.534. The van der Waals surface area contributed by atoms with E-state index in [9.17, 15) is 0 Å². The monoisotopic (exact) mass is 283 g/mol. The summed E-state index contributed by atoms with van der Waals surface area (Å²) in [5.41, 5.74) is 0. The molecule has 5 nitrogen and oxygen atoms in total. The van der Waals surface area contributed by atoms with Crippen molar-refractivity contribution in [1.29, 1.82) is 0 Å². The van der Waals surface area contributed by atoms with E-state index >= 15 is 0 Å². The van der Waals surface area contributed by atoms with Gasteiger partial charge in [0.1, 0.15) is 12.7 Å². The Balaban J connectivity index is 0.000000181. The maximum absolute atomic E-state index is 5.44. The summed E-state index contributed by atoms with van der Waals surface area (Å²) >= 11 is 16.3. The van der Waals surface area contributed by atoms with Crippen LogP contribution in [0.5, 0.6) is 0 Å². The predicted molar refractivity (Wildman–Crippen MR) is 64.8 cm³/mol. The molecule has 0 radical (unpaired) electrons. The Morgan fingerprint density at radius 3 is 1.62 bits per heavy atom.